The van der Waals surface area contributed by atoms with Crippen LogP contribution in [0.25, 0.3) is 29.0 Å². The Kier molecular flexibility index (Phi) is 3.70. The molecular weight excluding hydrogens is 396 g/mol. The molecule has 32 heavy (non-hydrogen) atoms. The van der Waals surface area contributed by atoms with Crippen LogP contribution < -0.4 is 15.5 Å². The Labute approximate surface area is 184 Å². The second-order valence-corrected chi connectivity index (χ2v) is 8.27. The monoisotopic (exact) mass is 416 g/mol. The highest BCUT2D eigenvalue weighted by molar-refractivity contribution is 5.98. The van der Waals surface area contributed by atoms with Crippen molar-refractivity contribution in [2.24, 2.45) is 4.99 Å². The Balaban J connectivity index is 1.65. The molecule has 5 heterocycles. The predicted molar refractivity (Wildman–Crippen MR) is 127 cm³/mol. The molecule has 7 rings (SSSR count). The number of fused-ring (bicyclic) bond motifs is 7. The fourth-order valence-corrected chi connectivity index (χ4v) is 5.28. The van der Waals surface area contributed by atoms with Crippen molar-refractivity contribution >= 4 is 40.8 Å². The summed E-state index contributed by atoms with van der Waals surface area (Å²) in [6.07, 6.45) is 18.3. The first-order valence-corrected chi connectivity index (χ1v) is 11.0. The molecular formula is C26H20N6. The quantitative estimate of drug-likeness (QED) is 0.503. The third-order valence-corrected chi connectivity index (χ3v) is 6.56. The van der Waals surface area contributed by atoms with E-state index in [-0.39, 0.29) is 12.1 Å². The molecule has 3 aliphatic rings. The van der Waals surface area contributed by atoms with Gasteiger partial charge in [0.15, 0.2) is 0 Å². The maximum absolute atomic E-state index is 4.99. The Morgan fingerprint density at radius 1 is 0.969 bits per heavy atom. The molecule has 6 nitrogen and oxygen atoms in total. The fourth-order valence-electron chi connectivity index (χ4n) is 5.28. The molecule has 4 aromatic rings. The van der Waals surface area contributed by atoms with Crippen LogP contribution in [0.3, 0.4) is 0 Å². The molecule has 0 radical (unpaired) electrons. The van der Waals surface area contributed by atoms with Crippen LogP contribution in [0.2, 0.25) is 0 Å². The van der Waals surface area contributed by atoms with E-state index in [0.29, 0.717) is 0 Å². The lowest BCUT2D eigenvalue weighted by atomic mass is 10.0. The average molecular weight is 416 g/mol. The molecule has 0 saturated heterocycles. The van der Waals surface area contributed by atoms with Gasteiger partial charge in [0.1, 0.15) is 18.2 Å². The minimum absolute atomic E-state index is 0.0193. The van der Waals surface area contributed by atoms with Crippen LogP contribution in [0.4, 0.5) is 11.4 Å². The molecule has 2 unspecified atom stereocenters. The Hall–Kier alpha value is -4.06. The largest absolute Gasteiger partial charge is 0.330 e. The van der Waals surface area contributed by atoms with Gasteiger partial charge in [-0.1, -0.05) is 36.4 Å². The predicted octanol–water partition coefficient (Wildman–Crippen LogP) is 3.37. The molecule has 1 aromatic carbocycles. The molecule has 0 bridgehead atoms. The van der Waals surface area contributed by atoms with Gasteiger partial charge in [0.05, 0.1) is 28.1 Å². The van der Waals surface area contributed by atoms with Crippen LogP contribution in [0.1, 0.15) is 24.4 Å². The maximum Gasteiger partial charge on any atom is 0.141 e. The summed E-state index contributed by atoms with van der Waals surface area (Å²) >= 11 is 0. The molecule has 2 atom stereocenters. The molecule has 154 valence electrons. The third kappa shape index (κ3) is 2.35. The number of pyridine rings is 1. The minimum atomic E-state index is 0.0193. The molecule has 0 saturated carbocycles. The van der Waals surface area contributed by atoms with E-state index in [1.807, 2.05) is 24.6 Å². The summed E-state index contributed by atoms with van der Waals surface area (Å²) in [7, 11) is 0. The molecule has 0 amide bonds. The molecule has 3 aromatic heterocycles. The molecule has 0 spiro atoms. The van der Waals surface area contributed by atoms with Gasteiger partial charge in [-0.25, -0.2) is 9.97 Å². The van der Waals surface area contributed by atoms with Crippen molar-refractivity contribution in [3.05, 3.63) is 83.4 Å². The Morgan fingerprint density at radius 3 is 2.75 bits per heavy atom. The summed E-state index contributed by atoms with van der Waals surface area (Å²) in [6, 6.07) is 12.7. The maximum atomic E-state index is 4.99. The van der Waals surface area contributed by atoms with E-state index in [9.17, 15) is 0 Å². The zero-order chi connectivity index (χ0) is 21.1. The molecule has 0 N–H and O–H groups in total. The van der Waals surface area contributed by atoms with E-state index < -0.39 is 0 Å². The van der Waals surface area contributed by atoms with Crippen molar-refractivity contribution in [3.8, 4) is 5.82 Å². The van der Waals surface area contributed by atoms with Crippen LogP contribution in [0.15, 0.2) is 72.3 Å². The van der Waals surface area contributed by atoms with Crippen LogP contribution in [-0.2, 0) is 0 Å². The number of rotatable bonds is 2. The number of para-hydroxylation sites is 1. The first kappa shape index (κ1) is 17.6. The smallest absolute Gasteiger partial charge is 0.141 e. The van der Waals surface area contributed by atoms with Crippen molar-refractivity contribution in [2.45, 2.75) is 24.9 Å². The number of benzene rings is 1. The number of nitrogens with zero attached hydrogens (tertiary/aromatic N) is 6. The molecule has 2 aliphatic heterocycles. The number of anilines is 2. The van der Waals surface area contributed by atoms with Crippen molar-refractivity contribution in [2.75, 3.05) is 4.90 Å². The first-order chi connectivity index (χ1) is 15.9. The van der Waals surface area contributed by atoms with E-state index in [1.165, 1.54) is 5.22 Å². The standard InChI is InChI=1S/C26H20N6/c1-2-7-17(8-3-1)31-21-11-6-13-28-23(21)19-15-29-24-18-9-4-5-10-20(18)32(26(24)25(19)31)22-12-14-27-16-30-22/h1-3,6-16,21,23H,4-5H2. The molecule has 1 aliphatic carbocycles. The lowest BCUT2D eigenvalue weighted by molar-refractivity contribution is 0.666. The lowest BCUT2D eigenvalue weighted by Crippen LogP contribution is -2.31. The van der Waals surface area contributed by atoms with E-state index >= 15 is 0 Å². The highest BCUT2D eigenvalue weighted by atomic mass is 15.2. The van der Waals surface area contributed by atoms with E-state index in [1.54, 1.807) is 12.5 Å². The first-order valence-electron chi connectivity index (χ1n) is 11.0. The second-order valence-electron chi connectivity index (χ2n) is 8.27. The van der Waals surface area contributed by atoms with Gasteiger partial charge in [-0.3, -0.25) is 14.5 Å². The van der Waals surface area contributed by atoms with Crippen molar-refractivity contribution in [1.29, 1.82) is 0 Å². The molecule has 6 heteroatoms. The number of allylic oxidation sites excluding steroid dienone is 1. The van der Waals surface area contributed by atoms with E-state index in [0.717, 1.165) is 52.0 Å². The van der Waals surface area contributed by atoms with Crippen LogP contribution >= 0.6 is 0 Å². The normalized spacial score (nSPS) is 20.4. The number of hydrogen-bond acceptors (Lipinski definition) is 5. The fraction of sp³-hybridized carbons (Fsp3) is 0.154. The van der Waals surface area contributed by atoms with Crippen molar-refractivity contribution in [1.82, 2.24) is 19.5 Å². The average Bonchev–Trinajstić information content (AvgIpc) is 3.38. The van der Waals surface area contributed by atoms with E-state index in [2.05, 4.69) is 68.0 Å². The number of aliphatic imine (C=N–C) groups is 1. The van der Waals surface area contributed by atoms with Crippen LogP contribution in [0.5, 0.6) is 0 Å². The summed E-state index contributed by atoms with van der Waals surface area (Å²) in [5.74, 6) is 0.856. The second kappa shape index (κ2) is 6.72. The third-order valence-electron chi connectivity index (χ3n) is 6.56. The summed E-state index contributed by atoms with van der Waals surface area (Å²) in [4.78, 5) is 21.0. The zero-order valence-corrected chi connectivity index (χ0v) is 17.3. The van der Waals surface area contributed by atoms with Crippen LogP contribution in [-0.4, -0.2) is 31.8 Å². The minimum Gasteiger partial charge on any atom is -0.330 e. The van der Waals surface area contributed by atoms with Gasteiger partial charge in [0.25, 0.3) is 0 Å². The summed E-state index contributed by atoms with van der Waals surface area (Å²) < 4.78 is 2.26. The van der Waals surface area contributed by atoms with Crippen LogP contribution in [0, 0.1) is 0 Å². The van der Waals surface area contributed by atoms with Gasteiger partial charge in [-0.2, -0.15) is 0 Å². The number of hydrogen-bond donors (Lipinski definition) is 0. The van der Waals surface area contributed by atoms with E-state index in [4.69, 9.17) is 9.98 Å². The van der Waals surface area contributed by atoms with Crippen molar-refractivity contribution in [3.63, 3.8) is 0 Å². The van der Waals surface area contributed by atoms with Gasteiger partial charge in [-0.15, -0.1) is 0 Å². The Bertz CT molecular complexity index is 1530. The lowest BCUT2D eigenvalue weighted by Gasteiger charge is -2.28. The summed E-state index contributed by atoms with van der Waals surface area (Å²) in [6.45, 7) is 0. The highest BCUT2D eigenvalue weighted by Gasteiger charge is 2.41. The van der Waals surface area contributed by atoms with Gasteiger partial charge in [-0.05, 0) is 37.1 Å². The number of dihydropyridines is 1. The number of aromatic nitrogens is 4. The van der Waals surface area contributed by atoms with Gasteiger partial charge >= 0.3 is 0 Å². The van der Waals surface area contributed by atoms with Gasteiger partial charge < -0.3 is 4.90 Å². The zero-order valence-electron chi connectivity index (χ0n) is 17.3. The summed E-state index contributed by atoms with van der Waals surface area (Å²) in [5.41, 5.74) is 5.56. The SMILES string of the molecule is C1=CC2C(N=C1)c1cnc3c4c(n(-c5ccncn5)c3c1N2c1ccccc1)=CCCC=4. The highest BCUT2D eigenvalue weighted by Crippen LogP contribution is 2.49. The molecule has 0 fully saturated rings. The van der Waals surface area contributed by atoms with Gasteiger partial charge in [0, 0.05) is 35.1 Å². The summed E-state index contributed by atoms with van der Waals surface area (Å²) in [5, 5.41) is 2.35. The topological polar surface area (TPSA) is 59.2 Å². The Morgan fingerprint density at radius 2 is 1.88 bits per heavy atom. The van der Waals surface area contributed by atoms with Gasteiger partial charge in [0.2, 0.25) is 0 Å². The van der Waals surface area contributed by atoms with Crippen molar-refractivity contribution < 1.29 is 0 Å².